The Kier molecular flexibility index (Phi) is 5.03. The van der Waals surface area contributed by atoms with Crippen molar-refractivity contribution in [2.75, 3.05) is 11.9 Å². The molecule has 0 saturated heterocycles. The summed E-state index contributed by atoms with van der Waals surface area (Å²) in [6.07, 6.45) is 0.990. The van der Waals surface area contributed by atoms with Gasteiger partial charge in [-0.15, -0.1) is 0 Å². The lowest BCUT2D eigenvalue weighted by Gasteiger charge is -2.10. The topological polar surface area (TPSA) is 45.0 Å². The van der Waals surface area contributed by atoms with Gasteiger partial charge in [-0.05, 0) is 48.9 Å². The van der Waals surface area contributed by atoms with Gasteiger partial charge in [0.05, 0.1) is 17.9 Å². The van der Waals surface area contributed by atoms with Gasteiger partial charge in [0, 0.05) is 10.2 Å². The van der Waals surface area contributed by atoms with Crippen molar-refractivity contribution in [2.45, 2.75) is 13.3 Å². The molecule has 0 aliphatic rings. The zero-order valence-corrected chi connectivity index (χ0v) is 12.8. The molecule has 0 unspecified atom stereocenters. The summed E-state index contributed by atoms with van der Waals surface area (Å²) < 4.78 is 6.43. The maximum Gasteiger partial charge on any atom is 0.119 e. The van der Waals surface area contributed by atoms with Gasteiger partial charge in [-0.3, -0.25) is 0 Å². The summed E-state index contributed by atoms with van der Waals surface area (Å²) in [7, 11) is 0. The number of nitriles is 1. The van der Waals surface area contributed by atoms with Gasteiger partial charge < -0.3 is 10.1 Å². The minimum absolute atomic E-state index is 0.602. The molecule has 20 heavy (non-hydrogen) atoms. The van der Waals surface area contributed by atoms with Gasteiger partial charge in [0.1, 0.15) is 11.8 Å². The van der Waals surface area contributed by atoms with E-state index in [1.165, 1.54) is 0 Å². The molecule has 0 saturated carbocycles. The van der Waals surface area contributed by atoms with Crippen molar-refractivity contribution >= 4 is 27.3 Å². The molecule has 0 aliphatic heterocycles. The van der Waals surface area contributed by atoms with Gasteiger partial charge in [-0.1, -0.05) is 22.9 Å². The third-order valence-corrected chi connectivity index (χ3v) is 3.20. The van der Waals surface area contributed by atoms with Crippen molar-refractivity contribution in [3.63, 3.8) is 0 Å². The lowest BCUT2D eigenvalue weighted by Crippen LogP contribution is -1.96. The fourth-order valence-electron chi connectivity index (χ4n) is 1.73. The molecule has 0 fully saturated rings. The second-order valence-corrected chi connectivity index (χ2v) is 5.22. The quantitative estimate of drug-likeness (QED) is 0.851. The minimum atomic E-state index is 0.602. The summed E-state index contributed by atoms with van der Waals surface area (Å²) in [5.41, 5.74) is 2.32. The smallest absolute Gasteiger partial charge is 0.119 e. The van der Waals surface area contributed by atoms with E-state index in [4.69, 9.17) is 10.00 Å². The van der Waals surface area contributed by atoms with E-state index in [-0.39, 0.29) is 0 Å². The van der Waals surface area contributed by atoms with Crippen molar-refractivity contribution in [1.29, 1.82) is 5.26 Å². The number of rotatable bonds is 5. The number of anilines is 2. The fraction of sp³-hybridized carbons (Fsp3) is 0.188. The number of hydrogen-bond donors (Lipinski definition) is 1. The third-order valence-electron chi connectivity index (χ3n) is 2.71. The SMILES string of the molecule is CCCOc1ccc(Nc2ccc(Br)cc2C#N)cc1. The van der Waals surface area contributed by atoms with Crippen LogP contribution >= 0.6 is 15.9 Å². The molecule has 0 spiro atoms. The summed E-state index contributed by atoms with van der Waals surface area (Å²) in [4.78, 5) is 0. The van der Waals surface area contributed by atoms with Crippen LogP contribution < -0.4 is 10.1 Å². The monoisotopic (exact) mass is 330 g/mol. The van der Waals surface area contributed by atoms with Gasteiger partial charge in [0.25, 0.3) is 0 Å². The van der Waals surface area contributed by atoms with Crippen molar-refractivity contribution in [3.05, 3.63) is 52.5 Å². The van der Waals surface area contributed by atoms with Crippen LogP contribution in [0.1, 0.15) is 18.9 Å². The number of benzene rings is 2. The molecule has 1 N–H and O–H groups in total. The Hall–Kier alpha value is -1.99. The fourth-order valence-corrected chi connectivity index (χ4v) is 2.09. The first-order valence-corrected chi connectivity index (χ1v) is 7.21. The van der Waals surface area contributed by atoms with Gasteiger partial charge in [-0.25, -0.2) is 0 Å². The molecule has 0 aromatic heterocycles. The van der Waals surface area contributed by atoms with E-state index in [1.54, 1.807) is 6.07 Å². The molecule has 0 aliphatic carbocycles. The molecular weight excluding hydrogens is 316 g/mol. The predicted octanol–water partition coefficient (Wildman–Crippen LogP) is 4.85. The molecule has 2 rings (SSSR count). The molecule has 0 amide bonds. The predicted molar refractivity (Wildman–Crippen MR) is 84.4 cm³/mol. The summed E-state index contributed by atoms with van der Waals surface area (Å²) >= 11 is 3.36. The number of hydrogen-bond acceptors (Lipinski definition) is 3. The summed E-state index contributed by atoms with van der Waals surface area (Å²) in [5.74, 6) is 0.855. The van der Waals surface area contributed by atoms with Crippen LogP contribution in [0.2, 0.25) is 0 Å². The molecule has 0 radical (unpaired) electrons. The minimum Gasteiger partial charge on any atom is -0.494 e. The molecule has 3 nitrogen and oxygen atoms in total. The van der Waals surface area contributed by atoms with E-state index in [0.717, 1.165) is 34.6 Å². The molecular formula is C16H15BrN2O. The standard InChI is InChI=1S/C16H15BrN2O/c1-2-9-20-15-6-4-14(5-7-15)19-16-8-3-13(17)10-12(16)11-18/h3-8,10,19H,2,9H2,1H3. The molecule has 0 heterocycles. The maximum atomic E-state index is 9.13. The van der Waals surface area contributed by atoms with Crippen LogP contribution in [-0.2, 0) is 0 Å². The van der Waals surface area contributed by atoms with Crippen LogP contribution in [0, 0.1) is 11.3 Å². The summed E-state index contributed by atoms with van der Waals surface area (Å²) in [6.45, 7) is 2.80. The highest BCUT2D eigenvalue weighted by atomic mass is 79.9. The zero-order valence-electron chi connectivity index (χ0n) is 11.2. The number of nitrogens with zero attached hydrogens (tertiary/aromatic N) is 1. The van der Waals surface area contributed by atoms with Crippen molar-refractivity contribution < 1.29 is 4.74 Å². The molecule has 0 bridgehead atoms. The van der Waals surface area contributed by atoms with Crippen molar-refractivity contribution in [2.24, 2.45) is 0 Å². The lowest BCUT2D eigenvalue weighted by molar-refractivity contribution is 0.317. The molecule has 4 heteroatoms. The number of nitrogens with one attached hydrogen (secondary N) is 1. The first-order valence-electron chi connectivity index (χ1n) is 6.42. The second kappa shape index (κ2) is 6.97. The van der Waals surface area contributed by atoms with Gasteiger partial charge >= 0.3 is 0 Å². The first kappa shape index (κ1) is 14.4. The molecule has 2 aromatic rings. The largest absolute Gasteiger partial charge is 0.494 e. The highest BCUT2D eigenvalue weighted by Gasteiger charge is 2.03. The van der Waals surface area contributed by atoms with Crippen LogP contribution in [-0.4, -0.2) is 6.61 Å². The Morgan fingerprint density at radius 2 is 1.95 bits per heavy atom. The van der Waals surface area contributed by atoms with E-state index in [9.17, 15) is 0 Å². The lowest BCUT2D eigenvalue weighted by atomic mass is 10.2. The number of halogens is 1. The Labute approximate surface area is 127 Å². The van der Waals surface area contributed by atoms with Gasteiger partial charge in [0.2, 0.25) is 0 Å². The average Bonchev–Trinajstić information content (AvgIpc) is 2.48. The van der Waals surface area contributed by atoms with Crippen LogP contribution in [0.25, 0.3) is 0 Å². The Morgan fingerprint density at radius 3 is 2.60 bits per heavy atom. The Balaban J connectivity index is 2.12. The third kappa shape index (κ3) is 3.75. The highest BCUT2D eigenvalue weighted by molar-refractivity contribution is 9.10. The zero-order chi connectivity index (χ0) is 14.4. The van der Waals surface area contributed by atoms with Gasteiger partial charge in [-0.2, -0.15) is 5.26 Å². The summed E-state index contributed by atoms with van der Waals surface area (Å²) in [6, 6.07) is 15.5. The molecule has 2 aromatic carbocycles. The van der Waals surface area contributed by atoms with E-state index in [0.29, 0.717) is 5.56 Å². The number of ether oxygens (including phenoxy) is 1. The van der Waals surface area contributed by atoms with Crippen LogP contribution in [0.5, 0.6) is 5.75 Å². The van der Waals surface area contributed by atoms with Crippen LogP contribution in [0.15, 0.2) is 46.9 Å². The first-order chi connectivity index (χ1) is 9.72. The Morgan fingerprint density at radius 1 is 1.20 bits per heavy atom. The van der Waals surface area contributed by atoms with Crippen LogP contribution in [0.3, 0.4) is 0 Å². The maximum absolute atomic E-state index is 9.13. The molecule has 102 valence electrons. The Bertz CT molecular complexity index is 617. The summed E-state index contributed by atoms with van der Waals surface area (Å²) in [5, 5.41) is 12.4. The second-order valence-electron chi connectivity index (χ2n) is 4.30. The van der Waals surface area contributed by atoms with E-state index in [2.05, 4.69) is 34.2 Å². The normalized spacial score (nSPS) is 9.85. The van der Waals surface area contributed by atoms with E-state index >= 15 is 0 Å². The van der Waals surface area contributed by atoms with E-state index in [1.807, 2.05) is 36.4 Å². The van der Waals surface area contributed by atoms with Crippen molar-refractivity contribution in [3.8, 4) is 11.8 Å². The molecule has 0 atom stereocenters. The van der Waals surface area contributed by atoms with Crippen molar-refractivity contribution in [1.82, 2.24) is 0 Å². The average molecular weight is 331 g/mol. The van der Waals surface area contributed by atoms with Crippen LogP contribution in [0.4, 0.5) is 11.4 Å². The van der Waals surface area contributed by atoms with E-state index < -0.39 is 0 Å². The highest BCUT2D eigenvalue weighted by Crippen LogP contribution is 2.25. The van der Waals surface area contributed by atoms with Gasteiger partial charge in [0.15, 0.2) is 0 Å².